The lowest BCUT2D eigenvalue weighted by Gasteiger charge is -2.42. The highest BCUT2D eigenvalue weighted by Crippen LogP contribution is 2.37. The molecule has 1 saturated heterocycles. The monoisotopic (exact) mass is 404 g/mol. The molecule has 0 unspecified atom stereocenters. The number of pyridine rings is 2. The summed E-state index contributed by atoms with van der Waals surface area (Å²) in [5.74, 6) is 1.65. The van der Waals surface area contributed by atoms with Crippen molar-refractivity contribution < 1.29 is 9.21 Å². The summed E-state index contributed by atoms with van der Waals surface area (Å²) < 4.78 is 7.66. The van der Waals surface area contributed by atoms with E-state index >= 15 is 0 Å². The third-order valence-corrected chi connectivity index (χ3v) is 6.12. The van der Waals surface area contributed by atoms with Gasteiger partial charge in [0.2, 0.25) is 0 Å². The molecule has 0 radical (unpaired) electrons. The molecule has 5 heterocycles. The van der Waals surface area contributed by atoms with Gasteiger partial charge in [-0.05, 0) is 42.2 Å². The molecule has 30 heavy (non-hydrogen) atoms. The predicted octanol–water partition coefficient (Wildman–Crippen LogP) is 2.48. The van der Waals surface area contributed by atoms with E-state index in [4.69, 9.17) is 4.42 Å². The van der Waals surface area contributed by atoms with E-state index in [1.54, 1.807) is 31.6 Å². The number of aromatic nitrogens is 2. The van der Waals surface area contributed by atoms with E-state index in [1.165, 1.54) is 0 Å². The van der Waals surface area contributed by atoms with Gasteiger partial charge in [-0.25, -0.2) is 0 Å². The van der Waals surface area contributed by atoms with Gasteiger partial charge in [0.15, 0.2) is 5.76 Å². The van der Waals surface area contributed by atoms with Gasteiger partial charge in [0.25, 0.3) is 11.5 Å². The quantitative estimate of drug-likeness (QED) is 0.723. The molecule has 7 nitrogen and oxygen atoms in total. The maximum Gasteiger partial charge on any atom is 0.286 e. The Bertz CT molecular complexity index is 1130. The van der Waals surface area contributed by atoms with E-state index in [0.29, 0.717) is 24.1 Å². The van der Waals surface area contributed by atoms with E-state index < -0.39 is 0 Å². The van der Waals surface area contributed by atoms with Crippen LogP contribution in [0.4, 0.5) is 0 Å². The van der Waals surface area contributed by atoms with E-state index in [1.807, 2.05) is 22.8 Å². The number of nitrogens with one attached hydrogen (secondary N) is 1. The normalized spacial score (nSPS) is 20.6. The Kier molecular flexibility index (Phi) is 4.75. The Morgan fingerprint density at radius 2 is 2.10 bits per heavy atom. The van der Waals surface area contributed by atoms with Crippen LogP contribution in [0.2, 0.25) is 0 Å². The summed E-state index contributed by atoms with van der Waals surface area (Å²) >= 11 is 0. The van der Waals surface area contributed by atoms with Gasteiger partial charge in [-0.3, -0.25) is 19.5 Å². The second kappa shape index (κ2) is 7.57. The Balaban J connectivity index is 1.40. The molecule has 154 valence electrons. The number of carbonyl (C=O) groups excluding carboxylic acids is 1. The molecule has 7 heteroatoms. The van der Waals surface area contributed by atoms with Crippen LogP contribution in [0.1, 0.15) is 34.3 Å². The van der Waals surface area contributed by atoms with E-state index in [0.717, 1.165) is 48.6 Å². The van der Waals surface area contributed by atoms with Gasteiger partial charge < -0.3 is 14.3 Å². The number of nitrogens with zero attached hydrogens (tertiary/aromatic N) is 3. The van der Waals surface area contributed by atoms with Gasteiger partial charge in [0.05, 0.1) is 6.54 Å². The highest BCUT2D eigenvalue weighted by atomic mass is 16.4. The van der Waals surface area contributed by atoms with Gasteiger partial charge in [0.1, 0.15) is 5.76 Å². The summed E-state index contributed by atoms with van der Waals surface area (Å²) in [5.41, 5.74) is 3.06. The van der Waals surface area contributed by atoms with Crippen molar-refractivity contribution in [1.29, 1.82) is 0 Å². The number of rotatable bonds is 4. The molecule has 2 atom stereocenters. The highest BCUT2D eigenvalue weighted by molar-refractivity contribution is 5.91. The van der Waals surface area contributed by atoms with Crippen LogP contribution in [-0.2, 0) is 13.1 Å². The van der Waals surface area contributed by atoms with Crippen molar-refractivity contribution in [3.05, 3.63) is 76.4 Å². The number of hydrogen-bond donors (Lipinski definition) is 1. The molecule has 0 saturated carbocycles. The first kappa shape index (κ1) is 18.8. The fraction of sp³-hybridized carbons (Fsp3) is 0.348. The molecule has 1 fully saturated rings. The van der Waals surface area contributed by atoms with Gasteiger partial charge in [0, 0.05) is 62.3 Å². The average molecular weight is 404 g/mol. The largest absolute Gasteiger partial charge is 0.455 e. The van der Waals surface area contributed by atoms with Crippen LogP contribution in [0.5, 0.6) is 0 Å². The number of fused-ring (bicyclic) bond motifs is 4. The van der Waals surface area contributed by atoms with E-state index in [9.17, 15) is 9.59 Å². The molecule has 2 aliphatic heterocycles. The smallest absolute Gasteiger partial charge is 0.286 e. The van der Waals surface area contributed by atoms with Crippen LogP contribution < -0.4 is 10.9 Å². The van der Waals surface area contributed by atoms with Crippen LogP contribution in [0.3, 0.4) is 0 Å². The Morgan fingerprint density at radius 1 is 1.20 bits per heavy atom. The number of piperidine rings is 1. The van der Waals surface area contributed by atoms with Crippen molar-refractivity contribution in [2.45, 2.75) is 25.4 Å². The second-order valence-electron chi connectivity index (χ2n) is 8.20. The molecule has 0 spiro atoms. The molecule has 0 aromatic carbocycles. The molecular formula is C23H24N4O3. The van der Waals surface area contributed by atoms with Crippen LogP contribution in [0, 0.1) is 5.92 Å². The standard InChI is InChI=1S/C23H24N4O3/c1-24-23(29)21-5-4-19(30-21)14-26-11-15-7-18(13-26)20-8-17(9-22(28)27(20)12-15)16-3-2-6-25-10-16/h2-6,8-10,15,18H,7,11-14H2,1H3,(H,24,29)/t15-,18+/m0/s1. The van der Waals surface area contributed by atoms with Gasteiger partial charge in [-0.15, -0.1) is 0 Å². The minimum atomic E-state index is -0.215. The molecule has 5 rings (SSSR count). The summed E-state index contributed by atoms with van der Waals surface area (Å²) in [6, 6.07) is 11.3. The maximum absolute atomic E-state index is 12.8. The number of likely N-dealkylation sites (tertiary alicyclic amines) is 1. The summed E-state index contributed by atoms with van der Waals surface area (Å²) in [5, 5.41) is 2.58. The van der Waals surface area contributed by atoms with E-state index in [-0.39, 0.29) is 11.5 Å². The molecular weight excluding hydrogens is 380 g/mol. The second-order valence-corrected chi connectivity index (χ2v) is 8.20. The van der Waals surface area contributed by atoms with Crippen molar-refractivity contribution in [2.24, 2.45) is 5.92 Å². The third kappa shape index (κ3) is 3.45. The molecule has 1 N–H and O–H groups in total. The van der Waals surface area contributed by atoms with Crippen molar-refractivity contribution >= 4 is 5.91 Å². The molecule has 2 aliphatic rings. The lowest BCUT2D eigenvalue weighted by atomic mass is 9.82. The van der Waals surface area contributed by atoms with Gasteiger partial charge in [-0.2, -0.15) is 0 Å². The predicted molar refractivity (Wildman–Crippen MR) is 112 cm³/mol. The fourth-order valence-corrected chi connectivity index (χ4v) is 4.82. The Labute approximate surface area is 174 Å². The molecule has 2 bridgehead atoms. The molecule has 3 aromatic heterocycles. The van der Waals surface area contributed by atoms with Crippen LogP contribution in [0.25, 0.3) is 11.1 Å². The van der Waals surface area contributed by atoms with Crippen LogP contribution >= 0.6 is 0 Å². The first-order valence-corrected chi connectivity index (χ1v) is 10.3. The lowest BCUT2D eigenvalue weighted by Crippen LogP contribution is -2.46. The molecule has 3 aromatic rings. The van der Waals surface area contributed by atoms with Crippen LogP contribution in [-0.4, -0.2) is 40.5 Å². The molecule has 0 aliphatic carbocycles. The summed E-state index contributed by atoms with van der Waals surface area (Å²) in [6.07, 6.45) is 4.63. The van der Waals surface area contributed by atoms with E-state index in [2.05, 4.69) is 21.3 Å². The Morgan fingerprint density at radius 3 is 2.90 bits per heavy atom. The van der Waals surface area contributed by atoms with Crippen molar-refractivity contribution in [2.75, 3.05) is 20.1 Å². The highest BCUT2D eigenvalue weighted by Gasteiger charge is 2.35. The summed E-state index contributed by atoms with van der Waals surface area (Å²) in [4.78, 5) is 31.1. The number of carbonyl (C=O) groups is 1. The topological polar surface area (TPSA) is 80.4 Å². The SMILES string of the molecule is CNC(=O)c1ccc(CN2C[C@@H]3C[C@H](C2)c2cc(-c4cccnc4)cc(=O)n2C3)o1. The number of furan rings is 1. The number of hydrogen-bond acceptors (Lipinski definition) is 5. The first-order chi connectivity index (χ1) is 14.6. The summed E-state index contributed by atoms with van der Waals surface area (Å²) in [6.45, 7) is 3.19. The molecule has 1 amide bonds. The zero-order chi connectivity index (χ0) is 20.7. The first-order valence-electron chi connectivity index (χ1n) is 10.3. The fourth-order valence-electron chi connectivity index (χ4n) is 4.82. The van der Waals surface area contributed by atoms with Gasteiger partial charge >= 0.3 is 0 Å². The van der Waals surface area contributed by atoms with Crippen LogP contribution in [0.15, 0.2) is 58.0 Å². The number of amides is 1. The van der Waals surface area contributed by atoms with Gasteiger partial charge in [-0.1, -0.05) is 6.07 Å². The lowest BCUT2D eigenvalue weighted by molar-refractivity contribution is 0.0918. The van der Waals surface area contributed by atoms with Crippen molar-refractivity contribution in [3.63, 3.8) is 0 Å². The third-order valence-electron chi connectivity index (χ3n) is 6.12. The summed E-state index contributed by atoms with van der Waals surface area (Å²) in [7, 11) is 1.59. The minimum absolute atomic E-state index is 0.0655. The Hall–Kier alpha value is -3.19. The zero-order valence-electron chi connectivity index (χ0n) is 16.9. The van der Waals surface area contributed by atoms with Crippen molar-refractivity contribution in [1.82, 2.24) is 19.8 Å². The minimum Gasteiger partial charge on any atom is -0.455 e. The van der Waals surface area contributed by atoms with Crippen molar-refractivity contribution in [3.8, 4) is 11.1 Å². The maximum atomic E-state index is 12.8. The zero-order valence-corrected chi connectivity index (χ0v) is 16.9. The average Bonchev–Trinajstić information content (AvgIpc) is 3.23.